The molecule has 1 aromatic carbocycles. The van der Waals surface area contributed by atoms with Crippen LogP contribution in [0.3, 0.4) is 0 Å². The topological polar surface area (TPSA) is 135 Å². The summed E-state index contributed by atoms with van der Waals surface area (Å²) in [4.78, 5) is 37.5. The summed E-state index contributed by atoms with van der Waals surface area (Å²) in [5, 5.41) is 20.1. The van der Waals surface area contributed by atoms with Gasteiger partial charge in [0.05, 0.1) is 30.0 Å². The number of carbonyl (C=O) groups is 2. The Morgan fingerprint density at radius 3 is 2.11 bits per heavy atom. The number of hydrogen-bond acceptors (Lipinski definition) is 12. The van der Waals surface area contributed by atoms with E-state index < -0.39 is 17.3 Å². The zero-order valence-electron chi connectivity index (χ0n) is 36.8. The number of nitrogens with zero attached hydrogens (tertiary/aromatic N) is 8. The smallest absolute Gasteiger partial charge is 0.389 e. The first kappa shape index (κ1) is 46.2. The summed E-state index contributed by atoms with van der Waals surface area (Å²) in [6.07, 6.45) is 9.08. The maximum atomic E-state index is 13.9. The van der Waals surface area contributed by atoms with E-state index in [1.165, 1.54) is 80.9 Å². The molecule has 5 fully saturated rings. The van der Waals surface area contributed by atoms with Crippen molar-refractivity contribution in [2.75, 3.05) is 69.1 Å². The molecule has 1 spiro atoms. The van der Waals surface area contributed by atoms with Gasteiger partial charge in [-0.3, -0.25) is 19.6 Å². The first-order valence-corrected chi connectivity index (χ1v) is 23.4. The number of piperidine rings is 5. The van der Waals surface area contributed by atoms with Crippen molar-refractivity contribution in [1.29, 1.82) is 0 Å². The molecule has 17 heteroatoms. The van der Waals surface area contributed by atoms with Crippen LogP contribution in [0.4, 0.5) is 24.8 Å². The highest BCUT2D eigenvalue weighted by Gasteiger charge is 2.39. The van der Waals surface area contributed by atoms with Crippen molar-refractivity contribution in [2.24, 2.45) is 11.3 Å². The van der Waals surface area contributed by atoms with Crippen LogP contribution in [0.1, 0.15) is 109 Å². The van der Waals surface area contributed by atoms with Gasteiger partial charge in [0.25, 0.3) is 0 Å². The predicted octanol–water partition coefficient (Wildman–Crippen LogP) is 7.21. The van der Waals surface area contributed by atoms with Crippen LogP contribution in [-0.2, 0) is 22.3 Å². The molecule has 340 valence electrons. The Hall–Kier alpha value is -3.77. The number of imide groups is 1. The summed E-state index contributed by atoms with van der Waals surface area (Å²) in [5.41, 5.74) is 0.656. The van der Waals surface area contributed by atoms with Crippen LogP contribution in [0.2, 0.25) is 0 Å². The SMILES string of the molecule is CC.CC(C)(O)Cn1cc(-c2nc(NC3CCN(SN4CCC(CN5CCC6(CC5)CCN(c5ccc(C7CCC(=O)NC7=O)cc5)CC6)CC4)CC3)ncc2C(F)(F)F)cn1. The molecular weight excluding hydrogens is 818 g/mol. The van der Waals surface area contributed by atoms with Crippen LogP contribution in [0.5, 0.6) is 0 Å². The molecule has 0 aliphatic carbocycles. The largest absolute Gasteiger partial charge is 0.419 e. The molecule has 2 amide bonds. The van der Waals surface area contributed by atoms with Gasteiger partial charge in [0, 0.05) is 94.1 Å². The van der Waals surface area contributed by atoms with E-state index in [9.17, 15) is 27.9 Å². The Labute approximate surface area is 368 Å². The second-order valence-corrected chi connectivity index (χ2v) is 19.6. The van der Waals surface area contributed by atoms with Gasteiger partial charge in [0.2, 0.25) is 17.8 Å². The van der Waals surface area contributed by atoms with Gasteiger partial charge >= 0.3 is 6.18 Å². The summed E-state index contributed by atoms with van der Waals surface area (Å²) in [7, 11) is 0. The second-order valence-electron chi connectivity index (χ2n) is 18.4. The number of hydrogen-bond donors (Lipinski definition) is 3. The molecule has 0 saturated carbocycles. The average molecular weight is 883 g/mol. The first-order valence-electron chi connectivity index (χ1n) is 22.7. The van der Waals surface area contributed by atoms with Gasteiger partial charge in [0.1, 0.15) is 5.56 Å². The summed E-state index contributed by atoms with van der Waals surface area (Å²) in [6, 6.07) is 8.47. The van der Waals surface area contributed by atoms with Gasteiger partial charge in [-0.25, -0.2) is 18.6 Å². The number of rotatable bonds is 11. The monoisotopic (exact) mass is 882 g/mol. The number of amides is 2. The zero-order chi connectivity index (χ0) is 44.1. The lowest BCUT2D eigenvalue weighted by molar-refractivity contribution is -0.137. The molecule has 8 rings (SSSR count). The van der Waals surface area contributed by atoms with Crippen molar-refractivity contribution in [3.8, 4) is 11.3 Å². The summed E-state index contributed by atoms with van der Waals surface area (Å²) in [6.45, 7) is 16.9. The van der Waals surface area contributed by atoms with Crippen LogP contribution in [-0.4, -0.2) is 121 Å². The summed E-state index contributed by atoms with van der Waals surface area (Å²) in [5.74, 6) is 0.290. The quantitative estimate of drug-likeness (QED) is 0.133. The van der Waals surface area contributed by atoms with Gasteiger partial charge in [-0.2, -0.15) is 18.3 Å². The van der Waals surface area contributed by atoms with Crippen molar-refractivity contribution >= 4 is 35.6 Å². The van der Waals surface area contributed by atoms with Gasteiger partial charge in [0.15, 0.2) is 0 Å². The molecule has 1 atom stereocenters. The zero-order valence-corrected chi connectivity index (χ0v) is 37.6. The van der Waals surface area contributed by atoms with Crippen molar-refractivity contribution in [2.45, 2.75) is 122 Å². The number of nitrogens with one attached hydrogen (secondary N) is 2. The number of halogens is 3. The molecule has 5 aliphatic rings. The number of benzene rings is 1. The van der Waals surface area contributed by atoms with E-state index in [0.29, 0.717) is 18.3 Å². The third-order valence-electron chi connectivity index (χ3n) is 13.3. The van der Waals surface area contributed by atoms with Crippen LogP contribution in [0.25, 0.3) is 11.3 Å². The Morgan fingerprint density at radius 2 is 1.50 bits per heavy atom. The third kappa shape index (κ3) is 11.9. The Morgan fingerprint density at radius 1 is 0.871 bits per heavy atom. The standard InChI is InChI=1S/C43H59F3N10O3S.C2H6/c1-41(2,59)29-54-28-32(25-48-54)38-36(43(44,45)46)26-47-40(51-38)49-33-11-19-56(20-12-33)60-55-17-9-30(10-18-55)27-52-21-13-42(14-22-52)15-23-53(24-16-42)34-5-3-31(4-6-34)35-7-8-37(57)50-39(35)58;1-2/h3-6,25-26,28,30,33,35,59H,7-24,27,29H2,1-2H3,(H,47,49,51)(H,50,57,58);1-2H3. The maximum absolute atomic E-state index is 13.9. The third-order valence-corrected chi connectivity index (χ3v) is 14.5. The van der Waals surface area contributed by atoms with Gasteiger partial charge in [-0.15, -0.1) is 0 Å². The van der Waals surface area contributed by atoms with Crippen molar-refractivity contribution in [3.63, 3.8) is 0 Å². The highest BCUT2D eigenvalue weighted by molar-refractivity contribution is 7.94. The lowest BCUT2D eigenvalue weighted by atomic mass is 9.71. The molecule has 2 aromatic heterocycles. The number of aliphatic hydroxyl groups is 1. The molecule has 0 bridgehead atoms. The van der Waals surface area contributed by atoms with E-state index in [1.807, 2.05) is 26.0 Å². The van der Waals surface area contributed by atoms with E-state index in [0.717, 1.165) is 69.8 Å². The molecular formula is C45H65F3N10O3S. The second kappa shape index (κ2) is 20.0. The Kier molecular flexibility index (Phi) is 14.9. The molecule has 3 aromatic rings. The van der Waals surface area contributed by atoms with E-state index in [-0.39, 0.29) is 47.5 Å². The first-order chi connectivity index (χ1) is 29.7. The van der Waals surface area contributed by atoms with Crippen LogP contribution < -0.4 is 15.5 Å². The van der Waals surface area contributed by atoms with E-state index in [1.54, 1.807) is 13.8 Å². The van der Waals surface area contributed by atoms with Crippen molar-refractivity contribution in [3.05, 3.63) is 54.0 Å². The molecule has 0 radical (unpaired) electrons. The van der Waals surface area contributed by atoms with E-state index in [2.05, 4.69) is 68.4 Å². The number of anilines is 2. The minimum Gasteiger partial charge on any atom is -0.389 e. The molecule has 1 unspecified atom stereocenters. The minimum atomic E-state index is -4.62. The Balaban J connectivity index is 0.00000285. The van der Waals surface area contributed by atoms with Crippen LogP contribution in [0, 0.1) is 11.3 Å². The molecule has 62 heavy (non-hydrogen) atoms. The van der Waals surface area contributed by atoms with E-state index >= 15 is 0 Å². The summed E-state index contributed by atoms with van der Waals surface area (Å²) < 4.78 is 48.1. The van der Waals surface area contributed by atoms with Crippen LogP contribution in [0.15, 0.2) is 42.9 Å². The average Bonchev–Trinajstić information content (AvgIpc) is 3.71. The maximum Gasteiger partial charge on any atom is 0.419 e. The van der Waals surface area contributed by atoms with Crippen molar-refractivity contribution in [1.82, 2.24) is 38.6 Å². The Bertz CT molecular complexity index is 1940. The number of alkyl halides is 3. The van der Waals surface area contributed by atoms with Gasteiger partial charge in [-0.1, -0.05) is 26.0 Å². The number of likely N-dealkylation sites (tertiary alicyclic amines) is 1. The lowest BCUT2D eigenvalue weighted by Crippen LogP contribution is -2.48. The van der Waals surface area contributed by atoms with Crippen LogP contribution >= 0.6 is 12.1 Å². The van der Waals surface area contributed by atoms with Gasteiger partial charge < -0.3 is 20.2 Å². The van der Waals surface area contributed by atoms with Crippen molar-refractivity contribution < 1.29 is 27.9 Å². The highest BCUT2D eigenvalue weighted by atomic mass is 32.2. The molecule has 7 heterocycles. The molecule has 5 aliphatic heterocycles. The summed E-state index contributed by atoms with van der Waals surface area (Å²) >= 11 is 1.84. The van der Waals surface area contributed by atoms with Gasteiger partial charge in [-0.05, 0) is 114 Å². The fourth-order valence-corrected chi connectivity index (χ4v) is 10.8. The highest BCUT2D eigenvalue weighted by Crippen LogP contribution is 2.43. The fourth-order valence-electron chi connectivity index (χ4n) is 9.69. The lowest BCUT2D eigenvalue weighted by Gasteiger charge is -2.48. The van der Waals surface area contributed by atoms with E-state index in [4.69, 9.17) is 0 Å². The number of carbonyl (C=O) groups excluding carboxylic acids is 2. The molecule has 3 N–H and O–H groups in total. The minimum absolute atomic E-state index is 0.0530. The fraction of sp³-hybridized carbons (Fsp3) is 0.667. The predicted molar refractivity (Wildman–Crippen MR) is 237 cm³/mol. The molecule has 13 nitrogen and oxygen atoms in total. The molecule has 5 saturated heterocycles. The normalized spacial score (nSPS) is 22.6. The number of aromatic nitrogens is 4.